The molecule has 2 aliphatic heterocycles. The fourth-order valence-corrected chi connectivity index (χ4v) is 4.14. The fourth-order valence-electron chi connectivity index (χ4n) is 4.14. The van der Waals surface area contributed by atoms with Gasteiger partial charge in [0.15, 0.2) is 0 Å². The van der Waals surface area contributed by atoms with Crippen molar-refractivity contribution in [2.75, 3.05) is 19.6 Å². The minimum atomic E-state index is -0.139. The second kappa shape index (κ2) is 6.31. The first-order valence-electron chi connectivity index (χ1n) is 8.85. The third-order valence-electron chi connectivity index (χ3n) is 5.50. The molecule has 1 N–H and O–H groups in total. The van der Waals surface area contributed by atoms with Crippen LogP contribution in [0.2, 0.25) is 0 Å². The molecule has 0 amide bonds. The van der Waals surface area contributed by atoms with Crippen molar-refractivity contribution < 1.29 is 5.11 Å². The van der Waals surface area contributed by atoms with E-state index >= 15 is 0 Å². The van der Waals surface area contributed by atoms with Crippen molar-refractivity contribution in [3.8, 4) is 5.69 Å². The van der Waals surface area contributed by atoms with E-state index in [9.17, 15) is 5.11 Å². The van der Waals surface area contributed by atoms with Crippen molar-refractivity contribution in [3.63, 3.8) is 0 Å². The van der Waals surface area contributed by atoms with E-state index in [0.717, 1.165) is 44.1 Å². The number of benzene rings is 1. The van der Waals surface area contributed by atoms with Crippen molar-refractivity contribution in [1.29, 1.82) is 0 Å². The molecule has 3 atom stereocenters. The number of aryl methyl sites for hydroxylation is 1. The summed E-state index contributed by atoms with van der Waals surface area (Å²) in [7, 11) is 0. The number of nitrogens with zero attached hydrogens (tertiary/aromatic N) is 4. The van der Waals surface area contributed by atoms with E-state index in [1.165, 1.54) is 5.56 Å². The molecule has 1 aromatic heterocycles. The van der Waals surface area contributed by atoms with Crippen LogP contribution in [0, 0.1) is 6.92 Å². The summed E-state index contributed by atoms with van der Waals surface area (Å²) < 4.78 is 2.10. The lowest BCUT2D eigenvalue weighted by atomic mass is 10.1. The van der Waals surface area contributed by atoms with Crippen molar-refractivity contribution in [2.24, 2.45) is 0 Å². The molecule has 0 unspecified atom stereocenters. The largest absolute Gasteiger partial charge is 0.392 e. The van der Waals surface area contributed by atoms with Gasteiger partial charge in [0, 0.05) is 56.3 Å². The van der Waals surface area contributed by atoms with Crippen LogP contribution in [0.25, 0.3) is 5.69 Å². The summed E-state index contributed by atoms with van der Waals surface area (Å²) in [5.74, 6) is 1.01. The van der Waals surface area contributed by atoms with Gasteiger partial charge in [-0.15, -0.1) is 0 Å². The lowest BCUT2D eigenvalue weighted by molar-refractivity contribution is 0.0528. The van der Waals surface area contributed by atoms with Crippen molar-refractivity contribution >= 4 is 0 Å². The third kappa shape index (κ3) is 2.99. The van der Waals surface area contributed by atoms with Gasteiger partial charge in [-0.2, -0.15) is 0 Å². The van der Waals surface area contributed by atoms with Gasteiger partial charge < -0.3 is 9.67 Å². The molecule has 2 saturated heterocycles. The fraction of sp³-hybridized carbons (Fsp3) is 0.526. The number of aliphatic hydroxyl groups is 1. The van der Waals surface area contributed by atoms with Crippen molar-refractivity contribution in [3.05, 3.63) is 48.0 Å². The first-order chi connectivity index (χ1) is 11.6. The van der Waals surface area contributed by atoms with Crippen LogP contribution in [0.5, 0.6) is 0 Å². The Balaban J connectivity index is 1.44. The van der Waals surface area contributed by atoms with Crippen LogP contribution in [0.3, 0.4) is 0 Å². The minimum Gasteiger partial charge on any atom is -0.392 e. The van der Waals surface area contributed by atoms with E-state index < -0.39 is 0 Å². The van der Waals surface area contributed by atoms with E-state index in [1.54, 1.807) is 0 Å². The van der Waals surface area contributed by atoms with Gasteiger partial charge in [0.05, 0.1) is 6.10 Å². The van der Waals surface area contributed by atoms with E-state index in [0.29, 0.717) is 12.1 Å². The highest BCUT2D eigenvalue weighted by Crippen LogP contribution is 2.26. The summed E-state index contributed by atoms with van der Waals surface area (Å²) in [6.07, 6.45) is 4.61. The number of piperazine rings is 1. The average molecular weight is 326 g/mol. The zero-order chi connectivity index (χ0) is 16.7. The Morgan fingerprint density at radius 2 is 1.96 bits per heavy atom. The van der Waals surface area contributed by atoms with Crippen LogP contribution in [-0.4, -0.2) is 62.3 Å². The zero-order valence-corrected chi connectivity index (χ0v) is 14.5. The van der Waals surface area contributed by atoms with Gasteiger partial charge in [0.2, 0.25) is 0 Å². The Bertz CT molecular complexity index is 696. The van der Waals surface area contributed by atoms with E-state index in [4.69, 9.17) is 0 Å². The van der Waals surface area contributed by atoms with Crippen molar-refractivity contribution in [1.82, 2.24) is 19.4 Å². The van der Waals surface area contributed by atoms with Crippen molar-refractivity contribution in [2.45, 2.75) is 45.0 Å². The molecule has 5 nitrogen and oxygen atoms in total. The SMILES string of the molecule is Cc1nccn1-c1ccc(CN2C[C@H]3C[C@@H](O)CN3C[C@@H]2C)cc1. The molecular formula is C19H26N4O. The van der Waals surface area contributed by atoms with Gasteiger partial charge in [-0.05, 0) is 38.0 Å². The van der Waals surface area contributed by atoms with Crippen LogP contribution in [0.1, 0.15) is 24.7 Å². The van der Waals surface area contributed by atoms with E-state index in [2.05, 4.69) is 50.5 Å². The van der Waals surface area contributed by atoms with Crippen LogP contribution in [-0.2, 0) is 6.54 Å². The van der Waals surface area contributed by atoms with E-state index in [-0.39, 0.29) is 6.10 Å². The quantitative estimate of drug-likeness (QED) is 0.934. The Labute approximate surface area is 143 Å². The molecule has 0 aliphatic carbocycles. The Kier molecular flexibility index (Phi) is 4.16. The molecule has 1 aromatic carbocycles. The highest BCUT2D eigenvalue weighted by Gasteiger charge is 2.37. The lowest BCUT2D eigenvalue weighted by Crippen LogP contribution is -2.54. The number of aliphatic hydroxyl groups excluding tert-OH is 1. The summed E-state index contributed by atoms with van der Waals surface area (Å²) in [6, 6.07) is 9.83. The summed E-state index contributed by atoms with van der Waals surface area (Å²) in [5, 5.41) is 9.90. The molecule has 0 saturated carbocycles. The number of rotatable bonds is 3. The summed E-state index contributed by atoms with van der Waals surface area (Å²) in [6.45, 7) is 8.26. The van der Waals surface area contributed by atoms with E-state index in [1.807, 2.05) is 19.3 Å². The van der Waals surface area contributed by atoms with Gasteiger partial charge in [-0.25, -0.2) is 4.98 Å². The molecule has 128 valence electrons. The molecule has 2 aliphatic rings. The summed E-state index contributed by atoms with van der Waals surface area (Å²) >= 11 is 0. The Hall–Kier alpha value is -1.69. The summed E-state index contributed by atoms with van der Waals surface area (Å²) in [4.78, 5) is 9.29. The third-order valence-corrected chi connectivity index (χ3v) is 5.50. The normalized spacial score (nSPS) is 28.2. The Morgan fingerprint density at radius 1 is 1.17 bits per heavy atom. The predicted molar refractivity (Wildman–Crippen MR) is 94.2 cm³/mol. The highest BCUT2D eigenvalue weighted by atomic mass is 16.3. The molecule has 3 heterocycles. The molecule has 0 radical (unpaired) electrons. The van der Waals surface area contributed by atoms with Gasteiger partial charge in [0.1, 0.15) is 5.82 Å². The lowest BCUT2D eigenvalue weighted by Gasteiger charge is -2.42. The zero-order valence-electron chi connectivity index (χ0n) is 14.5. The molecule has 4 rings (SSSR count). The molecule has 2 aromatic rings. The summed E-state index contributed by atoms with van der Waals surface area (Å²) in [5.41, 5.74) is 2.50. The Morgan fingerprint density at radius 3 is 2.67 bits per heavy atom. The molecular weight excluding hydrogens is 300 g/mol. The number of imidazole rings is 1. The number of hydrogen-bond acceptors (Lipinski definition) is 4. The topological polar surface area (TPSA) is 44.5 Å². The maximum Gasteiger partial charge on any atom is 0.110 e. The smallest absolute Gasteiger partial charge is 0.110 e. The second-order valence-electron chi connectivity index (χ2n) is 7.29. The molecule has 2 fully saturated rings. The van der Waals surface area contributed by atoms with Gasteiger partial charge in [-0.1, -0.05) is 12.1 Å². The van der Waals surface area contributed by atoms with Gasteiger partial charge in [-0.3, -0.25) is 9.80 Å². The predicted octanol–water partition coefficient (Wildman–Crippen LogP) is 1.82. The van der Waals surface area contributed by atoms with Crippen LogP contribution >= 0.6 is 0 Å². The number of hydrogen-bond donors (Lipinski definition) is 1. The molecule has 5 heteroatoms. The van der Waals surface area contributed by atoms with Crippen LogP contribution in [0.4, 0.5) is 0 Å². The second-order valence-corrected chi connectivity index (χ2v) is 7.29. The molecule has 0 bridgehead atoms. The highest BCUT2D eigenvalue weighted by molar-refractivity contribution is 5.35. The molecule has 24 heavy (non-hydrogen) atoms. The first-order valence-corrected chi connectivity index (χ1v) is 8.85. The average Bonchev–Trinajstić information content (AvgIpc) is 3.13. The van der Waals surface area contributed by atoms with Crippen LogP contribution in [0.15, 0.2) is 36.7 Å². The standard InChI is InChI=1S/C19H26N4O/c1-14-10-22-13-19(24)9-18(22)12-21(14)11-16-3-5-17(6-4-16)23-8-7-20-15(23)2/h3-8,14,18-19,24H,9-13H2,1-2H3/t14-,18+,19+/m0/s1. The van der Waals surface area contributed by atoms with Gasteiger partial charge >= 0.3 is 0 Å². The maximum atomic E-state index is 9.90. The number of fused-ring (bicyclic) bond motifs is 1. The van der Waals surface area contributed by atoms with Gasteiger partial charge in [0.25, 0.3) is 0 Å². The number of aromatic nitrogens is 2. The minimum absolute atomic E-state index is 0.139. The first kappa shape index (κ1) is 15.8. The molecule has 0 spiro atoms. The van der Waals surface area contributed by atoms with Crippen LogP contribution < -0.4 is 0 Å². The maximum absolute atomic E-state index is 9.90. The monoisotopic (exact) mass is 326 g/mol.